The van der Waals surface area contributed by atoms with Gasteiger partial charge in [-0.2, -0.15) is 0 Å². The first-order valence-corrected chi connectivity index (χ1v) is 7.56. The summed E-state index contributed by atoms with van der Waals surface area (Å²) < 4.78 is 20.8. The van der Waals surface area contributed by atoms with Crippen molar-refractivity contribution in [1.82, 2.24) is 0 Å². The van der Waals surface area contributed by atoms with E-state index in [1.807, 2.05) is 6.08 Å². The van der Waals surface area contributed by atoms with E-state index in [9.17, 15) is 9.59 Å². The topological polar surface area (TPSA) is 71.1 Å². The highest BCUT2D eigenvalue weighted by molar-refractivity contribution is 5.91. The van der Waals surface area contributed by atoms with E-state index in [-0.39, 0.29) is 31.3 Å². The summed E-state index contributed by atoms with van der Waals surface area (Å²) in [6.07, 6.45) is 7.10. The molecule has 0 spiro atoms. The van der Waals surface area contributed by atoms with Gasteiger partial charge in [0.15, 0.2) is 6.29 Å². The molecule has 1 atom stereocenters. The van der Waals surface area contributed by atoms with E-state index >= 15 is 0 Å². The number of carbonyl (C=O) groups excluding carboxylic acids is 2. The molecular weight excluding hydrogens is 288 g/mol. The maximum atomic E-state index is 11.6. The van der Waals surface area contributed by atoms with E-state index in [1.54, 1.807) is 6.08 Å². The third kappa shape index (κ3) is 5.27. The lowest BCUT2D eigenvalue weighted by Crippen LogP contribution is -2.22. The van der Waals surface area contributed by atoms with E-state index in [4.69, 9.17) is 14.2 Å². The van der Waals surface area contributed by atoms with Crippen molar-refractivity contribution in [3.8, 4) is 0 Å². The maximum Gasteiger partial charge on any atom is 0.334 e. The Kier molecular flexibility index (Phi) is 6.61. The van der Waals surface area contributed by atoms with Crippen LogP contribution in [0.1, 0.15) is 32.1 Å². The van der Waals surface area contributed by atoms with Gasteiger partial charge in [0.2, 0.25) is 0 Å². The molecule has 0 aromatic carbocycles. The van der Waals surface area contributed by atoms with Crippen molar-refractivity contribution in [2.75, 3.05) is 26.9 Å². The van der Waals surface area contributed by atoms with Crippen LogP contribution in [-0.4, -0.2) is 45.2 Å². The smallest absolute Gasteiger partial charge is 0.334 e. The normalized spacial score (nSPS) is 23.9. The number of hydrogen-bond acceptors (Lipinski definition) is 6. The standard InChI is InChI=1S/C16H22O6/c1-19-14(17)6-5-13-10-12(11-22-16(13)18)7-9-21-15-4-2-3-8-20-15/h7,10,15H,2-6,8-9,11H2,1H3/b12-7+. The van der Waals surface area contributed by atoms with Gasteiger partial charge in [-0.15, -0.1) is 0 Å². The summed E-state index contributed by atoms with van der Waals surface area (Å²) in [5, 5.41) is 0. The van der Waals surface area contributed by atoms with Crippen molar-refractivity contribution in [3.63, 3.8) is 0 Å². The molecule has 0 N–H and O–H groups in total. The number of hydrogen-bond donors (Lipinski definition) is 0. The van der Waals surface area contributed by atoms with Gasteiger partial charge < -0.3 is 18.9 Å². The lowest BCUT2D eigenvalue weighted by atomic mass is 10.0. The van der Waals surface area contributed by atoms with E-state index in [2.05, 4.69) is 4.74 Å². The van der Waals surface area contributed by atoms with E-state index < -0.39 is 0 Å². The van der Waals surface area contributed by atoms with Crippen molar-refractivity contribution >= 4 is 11.9 Å². The van der Waals surface area contributed by atoms with E-state index in [1.165, 1.54) is 7.11 Å². The monoisotopic (exact) mass is 310 g/mol. The molecule has 0 saturated carbocycles. The third-order valence-corrected chi connectivity index (χ3v) is 3.58. The van der Waals surface area contributed by atoms with Crippen LogP contribution in [0, 0.1) is 0 Å². The van der Waals surface area contributed by atoms with Crippen molar-refractivity contribution in [3.05, 3.63) is 23.3 Å². The minimum Gasteiger partial charge on any atom is -0.469 e. The van der Waals surface area contributed by atoms with Crippen molar-refractivity contribution in [2.24, 2.45) is 0 Å². The number of carbonyl (C=O) groups is 2. The number of rotatable bonds is 6. The Morgan fingerprint density at radius 1 is 1.45 bits per heavy atom. The summed E-state index contributed by atoms with van der Waals surface area (Å²) in [4.78, 5) is 22.8. The zero-order chi connectivity index (χ0) is 15.8. The van der Waals surface area contributed by atoms with Crippen LogP contribution in [0.2, 0.25) is 0 Å². The molecule has 1 fully saturated rings. The zero-order valence-electron chi connectivity index (χ0n) is 12.8. The van der Waals surface area contributed by atoms with Crippen LogP contribution in [-0.2, 0) is 28.5 Å². The van der Waals surface area contributed by atoms with Crippen molar-refractivity contribution in [1.29, 1.82) is 0 Å². The molecule has 122 valence electrons. The molecule has 22 heavy (non-hydrogen) atoms. The molecule has 1 unspecified atom stereocenters. The highest BCUT2D eigenvalue weighted by Gasteiger charge is 2.19. The number of esters is 2. The average molecular weight is 310 g/mol. The van der Waals surface area contributed by atoms with Gasteiger partial charge >= 0.3 is 11.9 Å². The van der Waals surface area contributed by atoms with Crippen LogP contribution >= 0.6 is 0 Å². The number of methoxy groups -OCH3 is 1. The molecule has 0 radical (unpaired) electrons. The second-order valence-electron chi connectivity index (χ2n) is 5.23. The minimum atomic E-state index is -0.377. The predicted octanol–water partition coefficient (Wildman–Crippen LogP) is 1.89. The maximum absolute atomic E-state index is 11.6. The van der Waals surface area contributed by atoms with Gasteiger partial charge in [-0.1, -0.05) is 6.08 Å². The van der Waals surface area contributed by atoms with Crippen LogP contribution in [0.5, 0.6) is 0 Å². The summed E-state index contributed by atoms with van der Waals surface area (Å²) in [7, 11) is 1.33. The SMILES string of the molecule is COC(=O)CCC1=C/C(=C\COC2CCCCO2)COC1=O. The van der Waals surface area contributed by atoms with Gasteiger partial charge in [0, 0.05) is 18.6 Å². The molecule has 1 saturated heterocycles. The van der Waals surface area contributed by atoms with Crippen LogP contribution in [0.25, 0.3) is 0 Å². The van der Waals surface area contributed by atoms with Crippen LogP contribution < -0.4 is 0 Å². The molecule has 2 rings (SSSR count). The van der Waals surface area contributed by atoms with Crippen LogP contribution in [0.3, 0.4) is 0 Å². The van der Waals surface area contributed by atoms with Gasteiger partial charge in [0.05, 0.1) is 13.7 Å². The Balaban J connectivity index is 1.83. The minimum absolute atomic E-state index is 0.139. The summed E-state index contributed by atoms with van der Waals surface area (Å²) in [5.74, 6) is -0.722. The molecule has 0 amide bonds. The fourth-order valence-electron chi connectivity index (χ4n) is 2.30. The van der Waals surface area contributed by atoms with E-state index in [0.717, 1.165) is 31.4 Å². The first-order chi connectivity index (χ1) is 10.7. The van der Waals surface area contributed by atoms with Crippen molar-refractivity contribution in [2.45, 2.75) is 38.4 Å². The first kappa shape index (κ1) is 16.7. The highest BCUT2D eigenvalue weighted by Crippen LogP contribution is 2.18. The summed E-state index contributed by atoms with van der Waals surface area (Å²) >= 11 is 0. The second-order valence-corrected chi connectivity index (χ2v) is 5.23. The first-order valence-electron chi connectivity index (χ1n) is 7.56. The molecular formula is C16H22O6. The van der Waals surface area contributed by atoms with Gasteiger partial charge in [0.1, 0.15) is 6.61 Å². The summed E-state index contributed by atoms with van der Waals surface area (Å²) in [6.45, 7) is 1.39. The Labute approximate surface area is 130 Å². The fourth-order valence-corrected chi connectivity index (χ4v) is 2.30. The number of ether oxygens (including phenoxy) is 4. The molecule has 2 heterocycles. The van der Waals surface area contributed by atoms with Gasteiger partial charge in [-0.25, -0.2) is 4.79 Å². The van der Waals surface area contributed by atoms with E-state index in [0.29, 0.717) is 18.6 Å². The fraction of sp³-hybridized carbons (Fsp3) is 0.625. The van der Waals surface area contributed by atoms with Gasteiger partial charge in [0.25, 0.3) is 0 Å². The molecule has 2 aliphatic rings. The van der Waals surface area contributed by atoms with Crippen molar-refractivity contribution < 1.29 is 28.5 Å². The Hall–Kier alpha value is -1.66. The summed E-state index contributed by atoms with van der Waals surface area (Å²) in [6, 6.07) is 0. The molecule has 6 heteroatoms. The lowest BCUT2D eigenvalue weighted by molar-refractivity contribution is -0.155. The molecule has 2 aliphatic heterocycles. The molecule has 0 aromatic rings. The Morgan fingerprint density at radius 3 is 3.05 bits per heavy atom. The zero-order valence-corrected chi connectivity index (χ0v) is 12.8. The largest absolute Gasteiger partial charge is 0.469 e. The van der Waals surface area contributed by atoms with Gasteiger partial charge in [-0.3, -0.25) is 4.79 Å². The molecule has 0 aliphatic carbocycles. The second kappa shape index (κ2) is 8.70. The average Bonchev–Trinajstić information content (AvgIpc) is 2.55. The predicted molar refractivity (Wildman–Crippen MR) is 77.9 cm³/mol. The molecule has 0 aromatic heterocycles. The lowest BCUT2D eigenvalue weighted by Gasteiger charge is -2.22. The van der Waals surface area contributed by atoms with Crippen LogP contribution in [0.4, 0.5) is 0 Å². The molecule has 0 bridgehead atoms. The number of cyclic esters (lactones) is 1. The third-order valence-electron chi connectivity index (χ3n) is 3.58. The van der Waals surface area contributed by atoms with Gasteiger partial charge in [-0.05, 0) is 37.3 Å². The Bertz CT molecular complexity index is 459. The Morgan fingerprint density at radius 2 is 2.32 bits per heavy atom. The highest BCUT2D eigenvalue weighted by atomic mass is 16.7. The summed E-state index contributed by atoms with van der Waals surface area (Å²) in [5.41, 5.74) is 1.35. The molecule has 6 nitrogen and oxygen atoms in total. The van der Waals surface area contributed by atoms with Crippen LogP contribution in [0.15, 0.2) is 23.3 Å². The quantitative estimate of drug-likeness (QED) is 0.698.